The van der Waals surface area contributed by atoms with Gasteiger partial charge in [0.25, 0.3) is 0 Å². The molecule has 0 atom stereocenters. The minimum Gasteiger partial charge on any atom is -0.494 e. The maximum absolute atomic E-state index is 11.9. The summed E-state index contributed by atoms with van der Waals surface area (Å²) >= 11 is 0. The molecule has 0 saturated heterocycles. The number of furan rings is 1. The molecule has 0 spiro atoms. The fourth-order valence-corrected chi connectivity index (χ4v) is 2.20. The zero-order chi connectivity index (χ0) is 15.4. The second-order valence-corrected chi connectivity index (χ2v) is 6.21. The third-order valence-electron chi connectivity index (χ3n) is 3.45. The molecule has 0 aliphatic rings. The van der Waals surface area contributed by atoms with Crippen molar-refractivity contribution in [2.75, 3.05) is 6.61 Å². The number of carbonyl (C=O) groups is 1. The van der Waals surface area contributed by atoms with Crippen LogP contribution >= 0.6 is 0 Å². The van der Waals surface area contributed by atoms with Crippen molar-refractivity contribution in [3.8, 4) is 5.75 Å². The van der Waals surface area contributed by atoms with Crippen LogP contribution in [0.5, 0.6) is 5.75 Å². The van der Waals surface area contributed by atoms with E-state index in [9.17, 15) is 4.79 Å². The zero-order valence-electron chi connectivity index (χ0n) is 13.3. The van der Waals surface area contributed by atoms with E-state index in [4.69, 9.17) is 9.15 Å². The highest BCUT2D eigenvalue weighted by Gasteiger charge is 2.15. The molecule has 3 nitrogen and oxygen atoms in total. The summed E-state index contributed by atoms with van der Waals surface area (Å²) in [7, 11) is 0. The monoisotopic (exact) mass is 288 g/mol. The van der Waals surface area contributed by atoms with Gasteiger partial charge in [0.2, 0.25) is 5.78 Å². The summed E-state index contributed by atoms with van der Waals surface area (Å²) in [6.45, 7) is 8.90. The van der Waals surface area contributed by atoms with E-state index in [0.29, 0.717) is 11.7 Å². The van der Waals surface area contributed by atoms with Gasteiger partial charge in [-0.25, -0.2) is 0 Å². The molecule has 2 aromatic rings. The van der Waals surface area contributed by atoms with Crippen LogP contribution in [0.25, 0.3) is 11.0 Å². The van der Waals surface area contributed by atoms with Gasteiger partial charge in [-0.2, -0.15) is 0 Å². The molecule has 1 heterocycles. The van der Waals surface area contributed by atoms with Gasteiger partial charge in [-0.1, -0.05) is 27.7 Å². The molecule has 3 heteroatoms. The molecule has 114 valence electrons. The van der Waals surface area contributed by atoms with Crippen molar-refractivity contribution in [1.29, 1.82) is 0 Å². The molecule has 0 aliphatic heterocycles. The van der Waals surface area contributed by atoms with Gasteiger partial charge in [0.1, 0.15) is 11.3 Å². The molecule has 0 fully saturated rings. The molecule has 21 heavy (non-hydrogen) atoms. The molecule has 0 unspecified atom stereocenters. The average Bonchev–Trinajstić information content (AvgIpc) is 2.85. The summed E-state index contributed by atoms with van der Waals surface area (Å²) < 4.78 is 11.4. The van der Waals surface area contributed by atoms with E-state index in [1.807, 2.05) is 32.0 Å². The molecule has 0 saturated carbocycles. The van der Waals surface area contributed by atoms with Crippen LogP contribution in [-0.2, 0) is 0 Å². The van der Waals surface area contributed by atoms with Gasteiger partial charge in [0.15, 0.2) is 5.76 Å². The molecule has 0 bridgehead atoms. The lowest BCUT2D eigenvalue weighted by Gasteiger charge is -2.07. The van der Waals surface area contributed by atoms with Crippen LogP contribution in [0.2, 0.25) is 0 Å². The lowest BCUT2D eigenvalue weighted by Crippen LogP contribution is -2.05. The van der Waals surface area contributed by atoms with Gasteiger partial charge >= 0.3 is 0 Å². The lowest BCUT2D eigenvalue weighted by molar-refractivity contribution is 0.0913. The van der Waals surface area contributed by atoms with E-state index in [1.165, 1.54) is 6.42 Å². The Morgan fingerprint density at radius 1 is 1.19 bits per heavy atom. The van der Waals surface area contributed by atoms with Crippen LogP contribution in [0, 0.1) is 11.8 Å². The molecule has 0 radical (unpaired) electrons. The first-order chi connectivity index (χ1) is 9.97. The van der Waals surface area contributed by atoms with E-state index in [-0.39, 0.29) is 11.7 Å². The third kappa shape index (κ3) is 4.10. The SMILES string of the molecule is CC(C)CCCOc1ccc2oc(C(=O)C(C)C)cc2c1. The summed E-state index contributed by atoms with van der Waals surface area (Å²) in [5.74, 6) is 1.94. The fourth-order valence-electron chi connectivity index (χ4n) is 2.20. The van der Waals surface area contributed by atoms with Crippen molar-refractivity contribution in [1.82, 2.24) is 0 Å². The number of ether oxygens (including phenoxy) is 1. The number of hydrogen-bond acceptors (Lipinski definition) is 3. The molecular formula is C18H24O3. The highest BCUT2D eigenvalue weighted by atomic mass is 16.5. The van der Waals surface area contributed by atoms with E-state index < -0.39 is 0 Å². The average molecular weight is 288 g/mol. The summed E-state index contributed by atoms with van der Waals surface area (Å²) in [5, 5.41) is 0.917. The van der Waals surface area contributed by atoms with Crippen molar-refractivity contribution in [2.45, 2.75) is 40.5 Å². The summed E-state index contributed by atoms with van der Waals surface area (Å²) in [6, 6.07) is 7.50. The Morgan fingerprint density at radius 2 is 1.95 bits per heavy atom. The highest BCUT2D eigenvalue weighted by molar-refractivity contribution is 5.98. The molecule has 1 aromatic heterocycles. The smallest absolute Gasteiger partial charge is 0.200 e. The summed E-state index contributed by atoms with van der Waals surface area (Å²) in [5.41, 5.74) is 0.730. The molecule has 0 aliphatic carbocycles. The largest absolute Gasteiger partial charge is 0.494 e. The van der Waals surface area contributed by atoms with Gasteiger partial charge < -0.3 is 9.15 Å². The van der Waals surface area contributed by atoms with E-state index >= 15 is 0 Å². The van der Waals surface area contributed by atoms with E-state index in [1.54, 1.807) is 6.07 Å². The van der Waals surface area contributed by atoms with Gasteiger partial charge in [-0.15, -0.1) is 0 Å². The number of hydrogen-bond donors (Lipinski definition) is 0. The predicted molar refractivity (Wildman–Crippen MR) is 84.9 cm³/mol. The Bertz CT molecular complexity index is 608. The number of benzene rings is 1. The first kappa shape index (κ1) is 15.6. The molecule has 0 amide bonds. The second kappa shape index (κ2) is 6.79. The quantitative estimate of drug-likeness (QED) is 0.526. The Kier molecular flexibility index (Phi) is 5.05. The first-order valence-corrected chi connectivity index (χ1v) is 7.68. The van der Waals surface area contributed by atoms with E-state index in [2.05, 4.69) is 13.8 Å². The summed E-state index contributed by atoms with van der Waals surface area (Å²) in [4.78, 5) is 11.9. The number of fused-ring (bicyclic) bond motifs is 1. The van der Waals surface area contributed by atoms with Crippen molar-refractivity contribution in [3.63, 3.8) is 0 Å². The Labute approximate surface area is 126 Å². The van der Waals surface area contributed by atoms with Gasteiger partial charge in [-0.3, -0.25) is 4.79 Å². The fraction of sp³-hybridized carbons (Fsp3) is 0.500. The van der Waals surface area contributed by atoms with Crippen LogP contribution < -0.4 is 4.74 Å². The standard InChI is InChI=1S/C18H24O3/c1-12(2)6-5-9-20-15-7-8-16-14(10-15)11-17(21-16)18(19)13(3)4/h7-8,10-13H,5-6,9H2,1-4H3. The Balaban J connectivity index is 2.05. The van der Waals surface area contributed by atoms with Crippen LogP contribution in [0.3, 0.4) is 0 Å². The van der Waals surface area contributed by atoms with Crippen LogP contribution in [0.4, 0.5) is 0 Å². The van der Waals surface area contributed by atoms with Crippen LogP contribution in [-0.4, -0.2) is 12.4 Å². The van der Waals surface area contributed by atoms with Crippen molar-refractivity contribution >= 4 is 16.8 Å². The Hall–Kier alpha value is -1.77. The van der Waals surface area contributed by atoms with Gasteiger partial charge in [0.05, 0.1) is 6.61 Å². The lowest BCUT2D eigenvalue weighted by atomic mass is 10.1. The zero-order valence-corrected chi connectivity index (χ0v) is 13.3. The van der Waals surface area contributed by atoms with Crippen molar-refractivity contribution in [3.05, 3.63) is 30.0 Å². The van der Waals surface area contributed by atoms with Crippen molar-refractivity contribution in [2.24, 2.45) is 11.8 Å². The molecule has 0 N–H and O–H groups in total. The molecule has 1 aromatic carbocycles. The highest BCUT2D eigenvalue weighted by Crippen LogP contribution is 2.25. The molecule has 2 rings (SSSR count). The maximum Gasteiger partial charge on any atom is 0.200 e. The number of Topliss-reactive ketones (excluding diaryl/α,β-unsaturated/α-hetero) is 1. The summed E-state index contributed by atoms with van der Waals surface area (Å²) in [6.07, 6.45) is 2.22. The van der Waals surface area contributed by atoms with Crippen molar-refractivity contribution < 1.29 is 13.9 Å². The minimum absolute atomic E-state index is 0.0330. The Morgan fingerprint density at radius 3 is 2.62 bits per heavy atom. The normalized spacial score (nSPS) is 11.5. The maximum atomic E-state index is 11.9. The van der Waals surface area contributed by atoms with Gasteiger partial charge in [-0.05, 0) is 43.0 Å². The van der Waals surface area contributed by atoms with E-state index in [0.717, 1.165) is 29.7 Å². The topological polar surface area (TPSA) is 39.4 Å². The number of carbonyl (C=O) groups excluding carboxylic acids is 1. The third-order valence-corrected chi connectivity index (χ3v) is 3.45. The number of ketones is 1. The predicted octanol–water partition coefficient (Wildman–Crippen LogP) is 5.09. The first-order valence-electron chi connectivity index (χ1n) is 7.68. The number of rotatable bonds is 7. The minimum atomic E-state index is -0.0580. The van der Waals surface area contributed by atoms with Crippen LogP contribution in [0.1, 0.15) is 51.1 Å². The van der Waals surface area contributed by atoms with Gasteiger partial charge in [0, 0.05) is 11.3 Å². The second-order valence-electron chi connectivity index (χ2n) is 6.21. The molecular weight excluding hydrogens is 264 g/mol. The van der Waals surface area contributed by atoms with Crippen LogP contribution in [0.15, 0.2) is 28.7 Å².